The van der Waals surface area contributed by atoms with Crippen LogP contribution in [0.3, 0.4) is 0 Å². The molecule has 0 saturated carbocycles. The molecule has 0 aromatic carbocycles. The second-order valence-electron chi connectivity index (χ2n) is 5.11. The van der Waals surface area contributed by atoms with Crippen molar-refractivity contribution in [1.82, 2.24) is 4.90 Å². The number of amides is 1. The summed E-state index contributed by atoms with van der Waals surface area (Å²) < 4.78 is 10.9. The summed E-state index contributed by atoms with van der Waals surface area (Å²) in [6.07, 6.45) is 2.85. The van der Waals surface area contributed by atoms with Crippen LogP contribution in [0.5, 0.6) is 0 Å². The summed E-state index contributed by atoms with van der Waals surface area (Å²) in [4.78, 5) is 24.3. The highest BCUT2D eigenvalue weighted by atomic mass is 16.5. The summed E-state index contributed by atoms with van der Waals surface area (Å²) in [5.41, 5.74) is 0. The van der Waals surface area contributed by atoms with Crippen LogP contribution in [0.25, 0.3) is 0 Å². The first-order valence-corrected chi connectivity index (χ1v) is 7.25. The number of hydrogen-bond acceptors (Lipinski definition) is 4. The van der Waals surface area contributed by atoms with Crippen LogP contribution < -0.4 is 0 Å². The Morgan fingerprint density at radius 1 is 1.40 bits per heavy atom. The molecule has 20 heavy (non-hydrogen) atoms. The third-order valence-electron chi connectivity index (χ3n) is 3.59. The Labute approximate surface area is 120 Å². The van der Waals surface area contributed by atoms with E-state index in [9.17, 15) is 9.59 Å². The van der Waals surface area contributed by atoms with Gasteiger partial charge in [0.05, 0.1) is 19.1 Å². The van der Waals surface area contributed by atoms with Gasteiger partial charge in [-0.1, -0.05) is 6.92 Å². The molecule has 6 heteroatoms. The van der Waals surface area contributed by atoms with E-state index in [0.717, 1.165) is 19.3 Å². The van der Waals surface area contributed by atoms with E-state index in [1.165, 1.54) is 4.90 Å². The van der Waals surface area contributed by atoms with Gasteiger partial charge in [-0.2, -0.15) is 0 Å². The van der Waals surface area contributed by atoms with Gasteiger partial charge in [-0.05, 0) is 26.2 Å². The zero-order chi connectivity index (χ0) is 15.0. The molecule has 1 amide bonds. The lowest BCUT2D eigenvalue weighted by atomic mass is 10.1. The zero-order valence-corrected chi connectivity index (χ0v) is 12.3. The van der Waals surface area contributed by atoms with E-state index in [4.69, 9.17) is 14.6 Å². The van der Waals surface area contributed by atoms with Crippen LogP contribution >= 0.6 is 0 Å². The van der Waals surface area contributed by atoms with Gasteiger partial charge < -0.3 is 19.5 Å². The number of ether oxygens (including phenoxy) is 2. The van der Waals surface area contributed by atoms with E-state index in [1.807, 2.05) is 13.8 Å². The minimum absolute atomic E-state index is 0.0679. The van der Waals surface area contributed by atoms with Crippen molar-refractivity contribution in [2.24, 2.45) is 0 Å². The molecule has 1 aliphatic heterocycles. The van der Waals surface area contributed by atoms with Crippen LogP contribution in [-0.4, -0.2) is 60.4 Å². The molecule has 6 nitrogen and oxygen atoms in total. The Morgan fingerprint density at radius 3 is 2.60 bits per heavy atom. The lowest BCUT2D eigenvalue weighted by Crippen LogP contribution is -2.42. The van der Waals surface area contributed by atoms with E-state index in [1.54, 1.807) is 0 Å². The first kappa shape index (κ1) is 16.9. The molecule has 1 saturated heterocycles. The number of rotatable bonds is 8. The van der Waals surface area contributed by atoms with Crippen molar-refractivity contribution in [3.63, 3.8) is 0 Å². The molecule has 1 N–H and O–H groups in total. The number of hydrogen-bond donors (Lipinski definition) is 1. The number of carboxylic acids is 1. The lowest BCUT2D eigenvalue weighted by molar-refractivity contribution is -0.147. The Hall–Kier alpha value is -1.14. The van der Waals surface area contributed by atoms with Crippen molar-refractivity contribution in [2.45, 2.75) is 51.7 Å². The Kier molecular flexibility index (Phi) is 7.54. The molecular formula is C14H25NO5. The fourth-order valence-corrected chi connectivity index (χ4v) is 2.16. The van der Waals surface area contributed by atoms with Gasteiger partial charge >= 0.3 is 5.97 Å². The number of carboxylic acid groups (broad SMARTS) is 1. The number of aliphatic carboxylic acids is 1. The summed E-state index contributed by atoms with van der Waals surface area (Å²) in [5, 5.41) is 8.87. The molecule has 1 fully saturated rings. The summed E-state index contributed by atoms with van der Waals surface area (Å²) in [5.74, 6) is -1.14. The van der Waals surface area contributed by atoms with E-state index in [-0.39, 0.29) is 31.0 Å². The maximum Gasteiger partial charge on any atom is 0.323 e. The molecule has 1 atom stereocenters. The number of carbonyl (C=O) groups is 2. The molecule has 1 rings (SSSR count). The van der Waals surface area contributed by atoms with Crippen LogP contribution in [0.15, 0.2) is 0 Å². The summed E-state index contributed by atoms with van der Waals surface area (Å²) in [6, 6.07) is -0.0679. The second kappa shape index (κ2) is 8.92. The van der Waals surface area contributed by atoms with Crippen LogP contribution in [0.1, 0.15) is 39.5 Å². The molecule has 116 valence electrons. The molecule has 0 aromatic rings. The predicted octanol–water partition coefficient (Wildman–Crippen LogP) is 1.28. The highest BCUT2D eigenvalue weighted by Crippen LogP contribution is 2.12. The van der Waals surface area contributed by atoms with Gasteiger partial charge in [-0.25, -0.2) is 0 Å². The average Bonchev–Trinajstić information content (AvgIpc) is 2.44. The van der Waals surface area contributed by atoms with E-state index >= 15 is 0 Å². The fraction of sp³-hybridized carbons (Fsp3) is 0.857. The normalized spacial score (nSPS) is 17.7. The molecule has 0 aromatic heterocycles. The van der Waals surface area contributed by atoms with Gasteiger partial charge in [0.1, 0.15) is 6.54 Å². The smallest absolute Gasteiger partial charge is 0.323 e. The third-order valence-corrected chi connectivity index (χ3v) is 3.59. The Bertz CT molecular complexity index is 315. The molecule has 0 radical (unpaired) electrons. The van der Waals surface area contributed by atoms with Crippen molar-refractivity contribution in [2.75, 3.05) is 26.4 Å². The molecule has 1 unspecified atom stereocenters. The van der Waals surface area contributed by atoms with Crippen molar-refractivity contribution < 1.29 is 24.2 Å². The van der Waals surface area contributed by atoms with Gasteiger partial charge in [0.2, 0.25) is 5.91 Å². The van der Waals surface area contributed by atoms with Gasteiger partial charge in [-0.3, -0.25) is 9.59 Å². The summed E-state index contributed by atoms with van der Waals surface area (Å²) in [7, 11) is 0. The second-order valence-corrected chi connectivity index (χ2v) is 5.11. The first-order valence-electron chi connectivity index (χ1n) is 7.25. The van der Waals surface area contributed by atoms with Crippen molar-refractivity contribution in [3.05, 3.63) is 0 Å². The fourth-order valence-electron chi connectivity index (χ4n) is 2.16. The zero-order valence-electron chi connectivity index (χ0n) is 12.3. The Balaban J connectivity index is 2.34. The SMILES string of the molecule is CCC(C)N(CC(=O)O)C(=O)CCOC1CCOCC1. The Morgan fingerprint density at radius 2 is 2.05 bits per heavy atom. The molecule has 0 bridgehead atoms. The predicted molar refractivity (Wildman–Crippen MR) is 73.5 cm³/mol. The third kappa shape index (κ3) is 5.88. The molecule has 1 aliphatic rings. The minimum Gasteiger partial charge on any atom is -0.480 e. The first-order chi connectivity index (χ1) is 9.54. The van der Waals surface area contributed by atoms with Crippen molar-refractivity contribution >= 4 is 11.9 Å². The van der Waals surface area contributed by atoms with E-state index < -0.39 is 5.97 Å². The van der Waals surface area contributed by atoms with Gasteiger partial charge in [-0.15, -0.1) is 0 Å². The molecule has 0 spiro atoms. The van der Waals surface area contributed by atoms with Crippen LogP contribution in [0.4, 0.5) is 0 Å². The maximum absolute atomic E-state index is 12.1. The summed E-state index contributed by atoms with van der Waals surface area (Å²) in [6.45, 7) is 5.31. The van der Waals surface area contributed by atoms with Crippen molar-refractivity contribution in [3.8, 4) is 0 Å². The highest BCUT2D eigenvalue weighted by molar-refractivity contribution is 5.81. The summed E-state index contributed by atoms with van der Waals surface area (Å²) >= 11 is 0. The minimum atomic E-state index is -0.982. The molecular weight excluding hydrogens is 262 g/mol. The maximum atomic E-state index is 12.1. The molecule has 0 aliphatic carbocycles. The molecule has 1 heterocycles. The number of carbonyl (C=O) groups excluding carboxylic acids is 1. The average molecular weight is 287 g/mol. The van der Waals surface area contributed by atoms with Crippen LogP contribution in [0.2, 0.25) is 0 Å². The van der Waals surface area contributed by atoms with Gasteiger partial charge in [0, 0.05) is 19.3 Å². The highest BCUT2D eigenvalue weighted by Gasteiger charge is 2.22. The van der Waals surface area contributed by atoms with Crippen LogP contribution in [0, 0.1) is 0 Å². The number of nitrogens with zero attached hydrogens (tertiary/aromatic N) is 1. The monoisotopic (exact) mass is 287 g/mol. The van der Waals surface area contributed by atoms with E-state index in [0.29, 0.717) is 19.8 Å². The standard InChI is InChI=1S/C14H25NO5/c1-3-11(2)15(10-14(17)18)13(16)6-9-20-12-4-7-19-8-5-12/h11-12H,3-10H2,1-2H3,(H,17,18). The quantitative estimate of drug-likeness (QED) is 0.728. The van der Waals surface area contributed by atoms with Gasteiger partial charge in [0.25, 0.3) is 0 Å². The van der Waals surface area contributed by atoms with E-state index in [2.05, 4.69) is 0 Å². The lowest BCUT2D eigenvalue weighted by Gasteiger charge is -2.27. The topological polar surface area (TPSA) is 76.1 Å². The van der Waals surface area contributed by atoms with Crippen molar-refractivity contribution in [1.29, 1.82) is 0 Å². The largest absolute Gasteiger partial charge is 0.480 e. The van der Waals surface area contributed by atoms with Gasteiger partial charge in [0.15, 0.2) is 0 Å². The van der Waals surface area contributed by atoms with Crippen LogP contribution in [-0.2, 0) is 19.1 Å².